The van der Waals surface area contributed by atoms with Crippen molar-refractivity contribution in [1.29, 1.82) is 0 Å². The molecule has 0 saturated carbocycles. The van der Waals surface area contributed by atoms with E-state index < -0.39 is 0 Å². The Morgan fingerprint density at radius 3 is 2.43 bits per heavy atom. The number of halogens is 1. The number of benzene rings is 3. The highest BCUT2D eigenvalue weighted by molar-refractivity contribution is 6.33. The van der Waals surface area contributed by atoms with E-state index >= 15 is 0 Å². The lowest BCUT2D eigenvalue weighted by atomic mass is 10.1. The smallest absolute Gasteiger partial charge is 0.288 e. The number of nitrogens with zero attached hydrogens (tertiary/aromatic N) is 3. The molecule has 3 aromatic carbocycles. The summed E-state index contributed by atoms with van der Waals surface area (Å²) in [4.78, 5) is 22.8. The second kappa shape index (κ2) is 9.99. The molecule has 0 fully saturated rings. The average molecular weight is 516 g/mol. The molecule has 0 spiro atoms. The molecule has 0 unspecified atom stereocenters. The van der Waals surface area contributed by atoms with Crippen LogP contribution in [-0.2, 0) is 0 Å². The Morgan fingerprint density at radius 2 is 1.73 bits per heavy atom. The molecule has 0 bridgehead atoms. The Balaban J connectivity index is 1.68. The number of amides is 1. The zero-order chi connectivity index (χ0) is 26.1. The quantitative estimate of drug-likeness (QED) is 0.272. The van der Waals surface area contributed by atoms with Crippen LogP contribution in [0, 0.1) is 6.92 Å². The molecule has 1 amide bonds. The van der Waals surface area contributed by atoms with E-state index in [1.165, 1.54) is 0 Å². The summed E-state index contributed by atoms with van der Waals surface area (Å²) in [6.07, 6.45) is 1.62. The molecule has 8 nitrogen and oxygen atoms in total. The van der Waals surface area contributed by atoms with E-state index in [-0.39, 0.29) is 17.8 Å². The molecule has 0 aliphatic heterocycles. The Bertz CT molecular complexity index is 1600. The number of aryl methyl sites for hydroxylation is 1. The van der Waals surface area contributed by atoms with E-state index in [0.29, 0.717) is 38.9 Å². The van der Waals surface area contributed by atoms with Crippen molar-refractivity contribution in [2.75, 3.05) is 19.5 Å². The summed E-state index contributed by atoms with van der Waals surface area (Å²) < 4.78 is 12.8. The molecule has 0 saturated heterocycles. The predicted octanol–water partition coefficient (Wildman–Crippen LogP) is 6.10. The third-order valence-electron chi connectivity index (χ3n) is 6.27. The number of carbonyl (C=O) groups is 1. The number of ether oxygens (including phenoxy) is 2. The Morgan fingerprint density at radius 1 is 1.00 bits per heavy atom. The molecule has 37 heavy (non-hydrogen) atoms. The summed E-state index contributed by atoms with van der Waals surface area (Å²) in [7, 11) is 3.13. The number of fused-ring (bicyclic) bond motifs is 3. The fourth-order valence-corrected chi connectivity index (χ4v) is 4.58. The Labute approximate surface area is 219 Å². The van der Waals surface area contributed by atoms with E-state index in [2.05, 4.69) is 15.6 Å². The van der Waals surface area contributed by atoms with Gasteiger partial charge in [-0.15, -0.1) is 0 Å². The van der Waals surface area contributed by atoms with E-state index in [0.717, 1.165) is 16.8 Å². The van der Waals surface area contributed by atoms with E-state index in [1.54, 1.807) is 36.9 Å². The highest BCUT2D eigenvalue weighted by atomic mass is 35.5. The summed E-state index contributed by atoms with van der Waals surface area (Å²) in [5.41, 5.74) is 4.50. The van der Waals surface area contributed by atoms with Gasteiger partial charge < -0.3 is 20.1 Å². The molecule has 2 N–H and O–H groups in total. The average Bonchev–Trinajstić information content (AvgIpc) is 3.36. The predicted molar refractivity (Wildman–Crippen MR) is 145 cm³/mol. The summed E-state index contributed by atoms with van der Waals surface area (Å²) in [6.45, 7) is 3.89. The molecule has 0 radical (unpaired) electrons. The molecule has 0 aliphatic carbocycles. The van der Waals surface area contributed by atoms with Gasteiger partial charge in [-0.05, 0) is 31.0 Å². The van der Waals surface area contributed by atoms with Crippen LogP contribution >= 0.6 is 11.6 Å². The number of hydrogen-bond donors (Lipinski definition) is 2. The maximum absolute atomic E-state index is 13.5. The van der Waals surface area contributed by atoms with Crippen LogP contribution in [0.3, 0.4) is 0 Å². The van der Waals surface area contributed by atoms with Crippen LogP contribution in [0.5, 0.6) is 11.5 Å². The van der Waals surface area contributed by atoms with Crippen LogP contribution in [0.2, 0.25) is 5.02 Å². The SMILES string of the molecule is COc1cc2nc(Nc3c(C)cccc3Cl)c3cnc(C(=O)N[C@@H](C)c4ccccc4)n3c2cc1OC. The summed E-state index contributed by atoms with van der Waals surface area (Å²) in [5, 5.41) is 6.96. The summed E-state index contributed by atoms with van der Waals surface area (Å²) in [5.74, 6) is 1.43. The van der Waals surface area contributed by atoms with Gasteiger partial charge in [0.15, 0.2) is 17.3 Å². The lowest BCUT2D eigenvalue weighted by Gasteiger charge is -2.17. The largest absolute Gasteiger partial charge is 0.493 e. The first kappa shape index (κ1) is 24.4. The number of carbonyl (C=O) groups excluding carboxylic acids is 1. The van der Waals surface area contributed by atoms with Crippen molar-refractivity contribution in [2.45, 2.75) is 19.9 Å². The molecule has 2 heterocycles. The highest BCUT2D eigenvalue weighted by Crippen LogP contribution is 2.36. The molecule has 5 aromatic rings. The van der Waals surface area contributed by atoms with E-state index in [1.807, 2.05) is 62.4 Å². The number of hydrogen-bond acceptors (Lipinski definition) is 6. The van der Waals surface area contributed by atoms with Crippen LogP contribution < -0.4 is 20.1 Å². The van der Waals surface area contributed by atoms with Crippen molar-refractivity contribution in [3.63, 3.8) is 0 Å². The molecule has 0 aliphatic rings. The van der Waals surface area contributed by atoms with Crippen LogP contribution in [0.4, 0.5) is 11.5 Å². The van der Waals surface area contributed by atoms with Gasteiger partial charge in [0.2, 0.25) is 5.82 Å². The first-order chi connectivity index (χ1) is 17.9. The van der Waals surface area contributed by atoms with E-state index in [9.17, 15) is 4.79 Å². The lowest BCUT2D eigenvalue weighted by molar-refractivity contribution is 0.0929. The minimum absolute atomic E-state index is 0.216. The Kier molecular flexibility index (Phi) is 6.58. The normalized spacial score (nSPS) is 11.9. The number of aromatic nitrogens is 3. The van der Waals surface area contributed by atoms with Gasteiger partial charge in [0.25, 0.3) is 5.91 Å². The van der Waals surface area contributed by atoms with Crippen LogP contribution in [-0.4, -0.2) is 34.5 Å². The zero-order valence-corrected chi connectivity index (χ0v) is 21.6. The van der Waals surface area contributed by atoms with Crippen molar-refractivity contribution in [3.05, 3.63) is 88.8 Å². The maximum Gasteiger partial charge on any atom is 0.288 e. The lowest BCUT2D eigenvalue weighted by Crippen LogP contribution is -2.28. The Hall–Kier alpha value is -4.30. The molecular formula is C28H26ClN5O3. The fourth-order valence-electron chi connectivity index (χ4n) is 4.31. The molecule has 188 valence electrons. The van der Waals surface area contributed by atoms with Crippen LogP contribution in [0.15, 0.2) is 66.9 Å². The summed E-state index contributed by atoms with van der Waals surface area (Å²) >= 11 is 6.49. The first-order valence-electron chi connectivity index (χ1n) is 11.7. The third kappa shape index (κ3) is 4.51. The van der Waals surface area contributed by atoms with Gasteiger partial charge >= 0.3 is 0 Å². The second-order valence-corrected chi connectivity index (χ2v) is 9.03. The summed E-state index contributed by atoms with van der Waals surface area (Å²) in [6, 6.07) is 18.8. The van der Waals surface area contributed by atoms with Crippen molar-refractivity contribution in [2.24, 2.45) is 0 Å². The number of para-hydroxylation sites is 1. The first-order valence-corrected chi connectivity index (χ1v) is 12.1. The number of rotatable bonds is 7. The van der Waals surface area contributed by atoms with Gasteiger partial charge in [-0.3, -0.25) is 9.20 Å². The number of imidazole rings is 1. The molecular weight excluding hydrogens is 490 g/mol. The third-order valence-corrected chi connectivity index (χ3v) is 6.59. The topological polar surface area (TPSA) is 89.8 Å². The number of anilines is 2. The van der Waals surface area contributed by atoms with Crippen molar-refractivity contribution < 1.29 is 14.3 Å². The minimum Gasteiger partial charge on any atom is -0.493 e. The number of methoxy groups -OCH3 is 2. The molecule has 1 atom stereocenters. The monoisotopic (exact) mass is 515 g/mol. The van der Waals surface area contributed by atoms with Crippen LogP contribution in [0.25, 0.3) is 16.6 Å². The van der Waals surface area contributed by atoms with Gasteiger partial charge in [0.1, 0.15) is 5.52 Å². The van der Waals surface area contributed by atoms with Gasteiger partial charge in [-0.2, -0.15) is 0 Å². The maximum atomic E-state index is 13.5. The van der Waals surface area contributed by atoms with Crippen molar-refractivity contribution in [3.8, 4) is 11.5 Å². The fraction of sp³-hybridized carbons (Fsp3) is 0.179. The highest BCUT2D eigenvalue weighted by Gasteiger charge is 2.22. The standard InChI is InChI=1S/C28H26ClN5O3/c1-16-9-8-12-19(29)25(16)33-26-22-15-30-27(28(35)31-17(2)18-10-6-5-7-11-18)34(22)21-14-24(37-4)23(36-3)13-20(21)32-26/h5-15,17H,1-4H3,(H,31,35)(H,32,33)/t17-/m0/s1. The van der Waals surface area contributed by atoms with Gasteiger partial charge in [-0.25, -0.2) is 9.97 Å². The van der Waals surface area contributed by atoms with Crippen molar-refractivity contribution in [1.82, 2.24) is 19.7 Å². The van der Waals surface area contributed by atoms with Gasteiger partial charge in [0, 0.05) is 12.1 Å². The van der Waals surface area contributed by atoms with Gasteiger partial charge in [-0.1, -0.05) is 54.1 Å². The second-order valence-electron chi connectivity index (χ2n) is 8.62. The zero-order valence-electron chi connectivity index (χ0n) is 20.9. The van der Waals surface area contributed by atoms with Gasteiger partial charge in [0.05, 0.1) is 48.2 Å². The van der Waals surface area contributed by atoms with Crippen molar-refractivity contribution >= 4 is 45.6 Å². The minimum atomic E-state index is -0.321. The molecule has 2 aromatic heterocycles. The molecule has 9 heteroatoms. The molecule has 5 rings (SSSR count). The van der Waals surface area contributed by atoms with E-state index in [4.69, 9.17) is 26.1 Å². The number of nitrogens with one attached hydrogen (secondary N) is 2. The van der Waals surface area contributed by atoms with Crippen LogP contribution in [0.1, 0.15) is 34.7 Å².